The molecule has 1 unspecified atom stereocenters. The number of nitrogens with zero attached hydrogens (tertiary/aromatic N) is 1. The lowest BCUT2D eigenvalue weighted by Gasteiger charge is -2.23. The summed E-state index contributed by atoms with van der Waals surface area (Å²) < 4.78 is 31.2. The molecule has 0 fully saturated rings. The van der Waals surface area contributed by atoms with Crippen LogP contribution in [0.2, 0.25) is 0 Å². The summed E-state index contributed by atoms with van der Waals surface area (Å²) in [5, 5.41) is 0. The summed E-state index contributed by atoms with van der Waals surface area (Å²) in [4.78, 5) is 1.66. The van der Waals surface area contributed by atoms with Crippen LogP contribution < -0.4 is 0 Å². The molecule has 0 saturated heterocycles. The van der Waals surface area contributed by atoms with Gasteiger partial charge in [-0.25, -0.2) is 8.78 Å². The van der Waals surface area contributed by atoms with E-state index in [4.69, 9.17) is 4.74 Å². The van der Waals surface area contributed by atoms with Crippen LogP contribution in [0.5, 0.6) is 0 Å². The van der Waals surface area contributed by atoms with Crippen LogP contribution in [0.1, 0.15) is 11.8 Å². The van der Waals surface area contributed by atoms with Gasteiger partial charge in [0.2, 0.25) is 0 Å². The van der Waals surface area contributed by atoms with Crippen molar-refractivity contribution in [2.75, 3.05) is 21.2 Å². The fraction of sp³-hybridized carbons (Fsp3) is 0.400. The summed E-state index contributed by atoms with van der Waals surface area (Å²) in [7, 11) is 4.92. The molecule has 2 nitrogen and oxygen atoms in total. The van der Waals surface area contributed by atoms with Gasteiger partial charge in [-0.15, -0.1) is 0 Å². The maximum Gasteiger partial charge on any atom is 0.138 e. The monoisotopic (exact) mass is 201 g/mol. The standard InChI is InChI=1S/C10H13F2NO/c1-13(2)10(14-3)8-6-7(11)4-5-9(8)12/h4-6,10H,1-3H3. The SMILES string of the molecule is COC(c1cc(F)ccc1F)N(C)C. The van der Waals surface area contributed by atoms with Gasteiger partial charge in [-0.3, -0.25) is 4.90 Å². The molecule has 4 heteroatoms. The summed E-state index contributed by atoms with van der Waals surface area (Å²) in [6.45, 7) is 0. The number of methoxy groups -OCH3 is 1. The summed E-state index contributed by atoms with van der Waals surface area (Å²) in [5.41, 5.74) is 0.206. The van der Waals surface area contributed by atoms with Crippen LogP contribution in [0.4, 0.5) is 8.78 Å². The highest BCUT2D eigenvalue weighted by Crippen LogP contribution is 2.22. The van der Waals surface area contributed by atoms with Crippen molar-refractivity contribution in [3.05, 3.63) is 35.4 Å². The quantitative estimate of drug-likeness (QED) is 0.695. The zero-order valence-electron chi connectivity index (χ0n) is 8.42. The molecule has 1 aromatic rings. The van der Waals surface area contributed by atoms with E-state index in [1.165, 1.54) is 7.11 Å². The highest BCUT2D eigenvalue weighted by atomic mass is 19.1. The highest BCUT2D eigenvalue weighted by molar-refractivity contribution is 5.20. The van der Waals surface area contributed by atoms with E-state index in [2.05, 4.69) is 0 Å². The minimum absolute atomic E-state index is 0.206. The Labute approximate surface area is 82.1 Å². The second-order valence-electron chi connectivity index (χ2n) is 3.22. The zero-order chi connectivity index (χ0) is 10.7. The fourth-order valence-corrected chi connectivity index (χ4v) is 1.32. The molecule has 0 aromatic heterocycles. The first kappa shape index (κ1) is 11.1. The molecule has 0 saturated carbocycles. The molecule has 0 radical (unpaired) electrons. The maximum atomic E-state index is 13.3. The summed E-state index contributed by atoms with van der Waals surface area (Å²) >= 11 is 0. The van der Waals surface area contributed by atoms with Crippen LogP contribution >= 0.6 is 0 Å². The van der Waals surface area contributed by atoms with Crippen molar-refractivity contribution in [1.82, 2.24) is 4.90 Å². The normalized spacial score (nSPS) is 13.3. The number of ether oxygens (including phenoxy) is 1. The van der Waals surface area contributed by atoms with Crippen molar-refractivity contribution >= 4 is 0 Å². The molecule has 0 amide bonds. The van der Waals surface area contributed by atoms with Gasteiger partial charge in [0.1, 0.15) is 17.9 Å². The Morgan fingerprint density at radius 3 is 2.43 bits per heavy atom. The van der Waals surface area contributed by atoms with E-state index >= 15 is 0 Å². The third-order valence-corrected chi connectivity index (χ3v) is 1.92. The minimum Gasteiger partial charge on any atom is -0.362 e. The molecule has 1 aromatic carbocycles. The molecule has 0 aliphatic rings. The van der Waals surface area contributed by atoms with Gasteiger partial charge in [-0.05, 0) is 32.3 Å². The summed E-state index contributed by atoms with van der Waals surface area (Å²) in [5.74, 6) is -0.933. The molecule has 0 bridgehead atoms. The smallest absolute Gasteiger partial charge is 0.138 e. The van der Waals surface area contributed by atoms with Gasteiger partial charge >= 0.3 is 0 Å². The van der Waals surface area contributed by atoms with Gasteiger partial charge < -0.3 is 4.74 Å². The Bertz CT molecular complexity index is 315. The summed E-state index contributed by atoms with van der Waals surface area (Å²) in [6, 6.07) is 3.32. The fourth-order valence-electron chi connectivity index (χ4n) is 1.32. The molecule has 1 rings (SSSR count). The van der Waals surface area contributed by atoms with Crippen LogP contribution in [0.25, 0.3) is 0 Å². The topological polar surface area (TPSA) is 12.5 Å². The molecule has 14 heavy (non-hydrogen) atoms. The van der Waals surface area contributed by atoms with E-state index in [0.717, 1.165) is 18.2 Å². The first-order valence-electron chi connectivity index (χ1n) is 4.20. The van der Waals surface area contributed by atoms with Gasteiger partial charge in [-0.1, -0.05) is 0 Å². The zero-order valence-corrected chi connectivity index (χ0v) is 8.42. The number of halogens is 2. The van der Waals surface area contributed by atoms with Crippen molar-refractivity contribution in [3.63, 3.8) is 0 Å². The first-order chi connectivity index (χ1) is 6.56. The molecular formula is C10H13F2NO. The van der Waals surface area contributed by atoms with Gasteiger partial charge in [-0.2, -0.15) is 0 Å². The van der Waals surface area contributed by atoms with Crippen LogP contribution in [-0.2, 0) is 4.74 Å². The van der Waals surface area contributed by atoms with E-state index in [0.29, 0.717) is 0 Å². The summed E-state index contributed by atoms with van der Waals surface area (Å²) in [6.07, 6.45) is -0.564. The minimum atomic E-state index is -0.564. The third-order valence-electron chi connectivity index (χ3n) is 1.92. The lowest BCUT2D eigenvalue weighted by atomic mass is 10.1. The maximum absolute atomic E-state index is 13.3. The average Bonchev–Trinajstić information content (AvgIpc) is 2.11. The molecular weight excluding hydrogens is 188 g/mol. The average molecular weight is 201 g/mol. The molecule has 0 heterocycles. The predicted octanol–water partition coefficient (Wildman–Crippen LogP) is 2.17. The Hall–Kier alpha value is -1.00. The molecule has 0 spiro atoms. The van der Waals surface area contributed by atoms with Gasteiger partial charge in [0.15, 0.2) is 0 Å². The van der Waals surface area contributed by atoms with Crippen molar-refractivity contribution < 1.29 is 13.5 Å². The van der Waals surface area contributed by atoms with E-state index < -0.39 is 17.9 Å². The van der Waals surface area contributed by atoms with Crippen molar-refractivity contribution in [3.8, 4) is 0 Å². The van der Waals surface area contributed by atoms with Crippen LogP contribution in [0.3, 0.4) is 0 Å². The van der Waals surface area contributed by atoms with E-state index in [-0.39, 0.29) is 5.56 Å². The van der Waals surface area contributed by atoms with Crippen molar-refractivity contribution in [2.45, 2.75) is 6.23 Å². The Balaban J connectivity index is 3.08. The van der Waals surface area contributed by atoms with E-state index in [9.17, 15) is 8.78 Å². The largest absolute Gasteiger partial charge is 0.362 e. The Kier molecular flexibility index (Phi) is 3.55. The second kappa shape index (κ2) is 4.48. The van der Waals surface area contributed by atoms with Crippen LogP contribution in [0.15, 0.2) is 18.2 Å². The van der Waals surface area contributed by atoms with E-state index in [1.807, 2.05) is 0 Å². The molecule has 78 valence electrons. The second-order valence-corrected chi connectivity index (χ2v) is 3.22. The number of hydrogen-bond donors (Lipinski definition) is 0. The Morgan fingerprint density at radius 1 is 1.29 bits per heavy atom. The van der Waals surface area contributed by atoms with Gasteiger partial charge in [0.25, 0.3) is 0 Å². The lowest BCUT2D eigenvalue weighted by Crippen LogP contribution is -2.22. The first-order valence-corrected chi connectivity index (χ1v) is 4.20. The van der Waals surface area contributed by atoms with Crippen LogP contribution in [0, 0.1) is 11.6 Å². The van der Waals surface area contributed by atoms with Gasteiger partial charge in [0, 0.05) is 12.7 Å². The van der Waals surface area contributed by atoms with Gasteiger partial charge in [0.05, 0.1) is 0 Å². The number of hydrogen-bond acceptors (Lipinski definition) is 2. The lowest BCUT2D eigenvalue weighted by molar-refractivity contribution is -0.00808. The number of benzene rings is 1. The molecule has 0 aliphatic carbocycles. The van der Waals surface area contributed by atoms with E-state index in [1.54, 1.807) is 19.0 Å². The van der Waals surface area contributed by atoms with Crippen molar-refractivity contribution in [1.29, 1.82) is 0 Å². The molecule has 0 N–H and O–H groups in total. The Morgan fingerprint density at radius 2 is 1.93 bits per heavy atom. The van der Waals surface area contributed by atoms with Crippen LogP contribution in [-0.4, -0.2) is 26.1 Å². The molecule has 0 aliphatic heterocycles. The number of rotatable bonds is 3. The van der Waals surface area contributed by atoms with Crippen molar-refractivity contribution in [2.24, 2.45) is 0 Å². The predicted molar refractivity (Wildman–Crippen MR) is 49.8 cm³/mol. The third kappa shape index (κ3) is 2.27. The molecule has 1 atom stereocenters. The highest BCUT2D eigenvalue weighted by Gasteiger charge is 2.17.